The van der Waals surface area contributed by atoms with E-state index in [-0.39, 0.29) is 40.7 Å². The van der Waals surface area contributed by atoms with Crippen LogP contribution in [-0.2, 0) is 0 Å². The number of nitrogens with one attached hydrogen (secondary N) is 2. The second kappa shape index (κ2) is 8.71. The van der Waals surface area contributed by atoms with Crippen molar-refractivity contribution in [1.82, 2.24) is 10.2 Å². The van der Waals surface area contributed by atoms with E-state index in [1.807, 2.05) is 0 Å². The van der Waals surface area contributed by atoms with Crippen molar-refractivity contribution in [2.45, 2.75) is 37.8 Å². The summed E-state index contributed by atoms with van der Waals surface area (Å²) in [4.78, 5) is 37.4. The van der Waals surface area contributed by atoms with Crippen LogP contribution in [0.3, 0.4) is 0 Å². The molecule has 1 aliphatic carbocycles. The number of benzene rings is 2. The molecule has 0 unspecified atom stereocenters. The van der Waals surface area contributed by atoms with Crippen molar-refractivity contribution < 1.29 is 18.9 Å². The minimum atomic E-state index is -0.547. The van der Waals surface area contributed by atoms with Crippen LogP contribution in [0.4, 0.5) is 15.8 Å². The van der Waals surface area contributed by atoms with E-state index in [0.29, 0.717) is 31.6 Å². The molecule has 31 heavy (non-hydrogen) atoms. The van der Waals surface area contributed by atoms with Crippen LogP contribution < -0.4 is 10.6 Å². The highest BCUT2D eigenvalue weighted by Crippen LogP contribution is 2.29. The lowest BCUT2D eigenvalue weighted by molar-refractivity contribution is -0.384. The van der Waals surface area contributed by atoms with Crippen molar-refractivity contribution in [2.24, 2.45) is 0 Å². The number of carbonyl (C=O) groups is 2. The van der Waals surface area contributed by atoms with Gasteiger partial charge in [0.25, 0.3) is 17.5 Å². The maximum Gasteiger partial charge on any atom is 0.293 e. The van der Waals surface area contributed by atoms with Gasteiger partial charge in [-0.05, 0) is 49.9 Å². The van der Waals surface area contributed by atoms with Crippen LogP contribution in [0.1, 0.15) is 46.4 Å². The third kappa shape index (κ3) is 4.82. The molecule has 2 aliphatic rings. The molecule has 1 saturated heterocycles. The van der Waals surface area contributed by atoms with E-state index in [9.17, 15) is 24.1 Å². The molecule has 162 valence electrons. The molecule has 8 nitrogen and oxygen atoms in total. The van der Waals surface area contributed by atoms with E-state index in [1.54, 1.807) is 23.1 Å². The fourth-order valence-corrected chi connectivity index (χ4v) is 3.69. The third-order valence-corrected chi connectivity index (χ3v) is 5.62. The summed E-state index contributed by atoms with van der Waals surface area (Å²) in [7, 11) is 0. The highest BCUT2D eigenvalue weighted by atomic mass is 19.1. The molecule has 0 bridgehead atoms. The topological polar surface area (TPSA) is 105 Å². The zero-order chi connectivity index (χ0) is 22.0. The molecule has 0 radical (unpaired) electrons. The highest BCUT2D eigenvalue weighted by molar-refractivity contribution is 5.96. The van der Waals surface area contributed by atoms with E-state index in [1.165, 1.54) is 24.3 Å². The molecule has 0 atom stereocenters. The molecule has 2 amide bonds. The predicted octanol–water partition coefficient (Wildman–Crippen LogP) is 3.34. The first kappa shape index (κ1) is 20.8. The second-order valence-corrected chi connectivity index (χ2v) is 7.93. The van der Waals surface area contributed by atoms with Gasteiger partial charge in [-0.2, -0.15) is 0 Å². The number of nitrogens with zero attached hydrogens (tertiary/aromatic N) is 2. The first-order chi connectivity index (χ1) is 14.9. The Hall–Kier alpha value is -3.49. The number of piperidine rings is 1. The minimum absolute atomic E-state index is 0.0459. The third-order valence-electron chi connectivity index (χ3n) is 5.62. The van der Waals surface area contributed by atoms with Gasteiger partial charge in [0.05, 0.1) is 10.5 Å². The summed E-state index contributed by atoms with van der Waals surface area (Å²) in [6, 6.07) is 10.4. The van der Waals surface area contributed by atoms with E-state index in [0.717, 1.165) is 12.8 Å². The standard InChI is InChI=1S/C22H23FN4O4/c23-18-4-2-1-3-17(18)22(29)26-11-9-16(10-12-26)24-19-8-5-14(13-20(19)27(30)31)21(28)25-15-6-7-15/h1-5,8,13,15-16,24H,6-7,9-12H2,(H,25,28). The molecule has 2 N–H and O–H groups in total. The first-order valence-electron chi connectivity index (χ1n) is 10.3. The molecule has 1 heterocycles. The lowest BCUT2D eigenvalue weighted by atomic mass is 10.0. The average Bonchev–Trinajstić information content (AvgIpc) is 3.58. The Morgan fingerprint density at radius 2 is 1.74 bits per heavy atom. The normalized spacial score (nSPS) is 16.6. The van der Waals surface area contributed by atoms with Crippen molar-refractivity contribution in [2.75, 3.05) is 18.4 Å². The van der Waals surface area contributed by atoms with Crippen molar-refractivity contribution in [3.05, 3.63) is 69.5 Å². The van der Waals surface area contributed by atoms with Gasteiger partial charge < -0.3 is 15.5 Å². The quantitative estimate of drug-likeness (QED) is 0.545. The number of anilines is 1. The van der Waals surface area contributed by atoms with Crippen LogP contribution in [0.5, 0.6) is 0 Å². The van der Waals surface area contributed by atoms with Gasteiger partial charge in [-0.3, -0.25) is 19.7 Å². The SMILES string of the molecule is O=C(NC1CC1)c1ccc(NC2CCN(C(=O)c3ccccc3F)CC2)c([N+](=O)[O-])c1. The van der Waals surface area contributed by atoms with Gasteiger partial charge in [-0.15, -0.1) is 0 Å². The summed E-state index contributed by atoms with van der Waals surface area (Å²) >= 11 is 0. The Morgan fingerprint density at radius 3 is 2.39 bits per heavy atom. The molecular weight excluding hydrogens is 403 g/mol. The van der Waals surface area contributed by atoms with Gasteiger partial charge >= 0.3 is 0 Å². The second-order valence-electron chi connectivity index (χ2n) is 7.93. The van der Waals surface area contributed by atoms with Crippen LogP contribution in [0.15, 0.2) is 42.5 Å². The fraction of sp³-hybridized carbons (Fsp3) is 0.364. The maximum absolute atomic E-state index is 13.9. The van der Waals surface area contributed by atoms with Crippen LogP contribution in [0.25, 0.3) is 0 Å². The van der Waals surface area contributed by atoms with Gasteiger partial charge in [0.1, 0.15) is 11.5 Å². The number of halogens is 1. The van der Waals surface area contributed by atoms with Crippen molar-refractivity contribution >= 4 is 23.2 Å². The Morgan fingerprint density at radius 1 is 1.03 bits per heavy atom. The lowest BCUT2D eigenvalue weighted by Crippen LogP contribution is -2.42. The molecule has 1 saturated carbocycles. The number of amides is 2. The van der Waals surface area contributed by atoms with E-state index in [4.69, 9.17) is 0 Å². The number of hydrogen-bond acceptors (Lipinski definition) is 5. The van der Waals surface area contributed by atoms with E-state index in [2.05, 4.69) is 10.6 Å². The molecule has 9 heteroatoms. The number of nitro groups is 1. The zero-order valence-corrected chi connectivity index (χ0v) is 16.8. The largest absolute Gasteiger partial charge is 0.377 e. The number of nitro benzene ring substituents is 1. The molecule has 1 aliphatic heterocycles. The maximum atomic E-state index is 13.9. The van der Waals surface area contributed by atoms with Crippen molar-refractivity contribution in [3.63, 3.8) is 0 Å². The Labute approximate surface area is 178 Å². The Kier molecular flexibility index (Phi) is 5.83. The zero-order valence-electron chi connectivity index (χ0n) is 16.8. The van der Waals surface area contributed by atoms with Gasteiger partial charge in [0.15, 0.2) is 0 Å². The van der Waals surface area contributed by atoms with E-state index >= 15 is 0 Å². The van der Waals surface area contributed by atoms with Gasteiger partial charge in [0, 0.05) is 36.8 Å². The summed E-state index contributed by atoms with van der Waals surface area (Å²) in [6.07, 6.45) is 3.01. The monoisotopic (exact) mass is 426 g/mol. The molecule has 2 aromatic rings. The summed E-state index contributed by atoms with van der Waals surface area (Å²) in [5.74, 6) is -1.21. The minimum Gasteiger partial charge on any atom is -0.377 e. The van der Waals surface area contributed by atoms with Crippen LogP contribution in [0.2, 0.25) is 0 Å². The number of likely N-dealkylation sites (tertiary alicyclic amines) is 1. The molecule has 0 aromatic heterocycles. The first-order valence-corrected chi connectivity index (χ1v) is 10.3. The van der Waals surface area contributed by atoms with Crippen molar-refractivity contribution in [1.29, 1.82) is 0 Å². The van der Waals surface area contributed by atoms with E-state index < -0.39 is 10.7 Å². The van der Waals surface area contributed by atoms with Crippen LogP contribution in [-0.4, -0.2) is 46.8 Å². The molecule has 0 spiro atoms. The smallest absolute Gasteiger partial charge is 0.293 e. The van der Waals surface area contributed by atoms with Crippen LogP contribution >= 0.6 is 0 Å². The molecule has 2 aromatic carbocycles. The summed E-state index contributed by atoms with van der Waals surface area (Å²) in [5.41, 5.74) is 0.485. The molecule has 4 rings (SSSR count). The number of hydrogen-bond donors (Lipinski definition) is 2. The number of rotatable bonds is 6. The highest BCUT2D eigenvalue weighted by Gasteiger charge is 2.28. The average molecular weight is 426 g/mol. The summed E-state index contributed by atoms with van der Waals surface area (Å²) < 4.78 is 13.9. The van der Waals surface area contributed by atoms with Crippen molar-refractivity contribution in [3.8, 4) is 0 Å². The van der Waals surface area contributed by atoms with Crippen LogP contribution in [0, 0.1) is 15.9 Å². The Bertz CT molecular complexity index is 1020. The lowest BCUT2D eigenvalue weighted by Gasteiger charge is -2.33. The fourth-order valence-electron chi connectivity index (χ4n) is 3.69. The Balaban J connectivity index is 1.39. The molecular formula is C22H23FN4O4. The van der Waals surface area contributed by atoms with Gasteiger partial charge in [0.2, 0.25) is 0 Å². The predicted molar refractivity (Wildman–Crippen MR) is 113 cm³/mol. The summed E-state index contributed by atoms with van der Waals surface area (Å²) in [6.45, 7) is 0.834. The van der Waals surface area contributed by atoms with Gasteiger partial charge in [-0.25, -0.2) is 4.39 Å². The van der Waals surface area contributed by atoms with Gasteiger partial charge in [-0.1, -0.05) is 12.1 Å². The molecule has 2 fully saturated rings. The number of carbonyl (C=O) groups excluding carboxylic acids is 2. The summed E-state index contributed by atoms with van der Waals surface area (Å²) in [5, 5.41) is 17.5.